The first kappa shape index (κ1) is 15.5. The second-order valence-corrected chi connectivity index (χ2v) is 5.16. The van der Waals surface area contributed by atoms with E-state index in [2.05, 4.69) is 35.1 Å². The molecule has 0 N–H and O–H groups in total. The normalized spacial score (nSPS) is 16.3. The molecule has 1 atom stereocenters. The third-order valence-corrected chi connectivity index (χ3v) is 3.78. The fraction of sp³-hybridized carbons (Fsp3) is 0.529. The fourth-order valence-corrected chi connectivity index (χ4v) is 2.71. The third kappa shape index (κ3) is 3.26. The topological polar surface area (TPSA) is 33.4 Å². The Balaban J connectivity index is 0.000000774. The molecule has 1 saturated heterocycles. The maximum absolute atomic E-state index is 4.81. The molecule has 2 aromatic heterocycles. The Kier molecular flexibility index (Phi) is 5.37. The van der Waals surface area contributed by atoms with Crippen LogP contribution in [0, 0.1) is 0 Å². The van der Waals surface area contributed by atoms with E-state index < -0.39 is 0 Å². The van der Waals surface area contributed by atoms with Crippen LogP contribution in [-0.4, -0.2) is 27.7 Å². The first-order valence-electron chi connectivity index (χ1n) is 8.01. The van der Waals surface area contributed by atoms with E-state index in [1.165, 1.54) is 18.4 Å². The SMILES string of the molecule is C/C=C\C(C)c1cnn2ccc(N3CCCC3)nc12.CC. The molecule has 0 amide bonds. The number of allylic oxidation sites excluding steroid dienone is 2. The molecule has 0 saturated carbocycles. The second kappa shape index (κ2) is 7.25. The van der Waals surface area contributed by atoms with Crippen molar-refractivity contribution in [2.75, 3.05) is 18.0 Å². The largest absolute Gasteiger partial charge is 0.357 e. The van der Waals surface area contributed by atoms with E-state index in [1.54, 1.807) is 0 Å². The van der Waals surface area contributed by atoms with Gasteiger partial charge in [-0.1, -0.05) is 32.9 Å². The van der Waals surface area contributed by atoms with Crippen molar-refractivity contribution in [1.29, 1.82) is 0 Å². The Morgan fingerprint density at radius 1 is 1.24 bits per heavy atom. The first-order chi connectivity index (χ1) is 10.3. The van der Waals surface area contributed by atoms with Crippen LogP contribution >= 0.6 is 0 Å². The van der Waals surface area contributed by atoms with Crippen LogP contribution in [-0.2, 0) is 0 Å². The minimum absolute atomic E-state index is 0.351. The third-order valence-electron chi connectivity index (χ3n) is 3.78. The Bertz CT molecular complexity index is 594. The van der Waals surface area contributed by atoms with Gasteiger partial charge in [0.05, 0.1) is 6.20 Å². The van der Waals surface area contributed by atoms with Crippen molar-refractivity contribution >= 4 is 11.5 Å². The van der Waals surface area contributed by atoms with Gasteiger partial charge in [-0.15, -0.1) is 0 Å². The van der Waals surface area contributed by atoms with Crippen molar-refractivity contribution in [3.63, 3.8) is 0 Å². The molecule has 0 bridgehead atoms. The Morgan fingerprint density at radius 2 is 1.95 bits per heavy atom. The molecule has 4 heteroatoms. The van der Waals surface area contributed by atoms with E-state index >= 15 is 0 Å². The predicted molar refractivity (Wildman–Crippen MR) is 89.0 cm³/mol. The maximum Gasteiger partial charge on any atom is 0.161 e. The summed E-state index contributed by atoms with van der Waals surface area (Å²) in [6.07, 6.45) is 10.8. The van der Waals surface area contributed by atoms with Gasteiger partial charge in [0.1, 0.15) is 5.82 Å². The van der Waals surface area contributed by atoms with Crippen molar-refractivity contribution in [2.24, 2.45) is 0 Å². The van der Waals surface area contributed by atoms with E-state index in [9.17, 15) is 0 Å². The highest BCUT2D eigenvalue weighted by atomic mass is 15.3. The lowest BCUT2D eigenvalue weighted by Crippen LogP contribution is -2.19. The Morgan fingerprint density at radius 3 is 2.62 bits per heavy atom. The number of hydrogen-bond donors (Lipinski definition) is 0. The Hall–Kier alpha value is -1.84. The molecule has 1 unspecified atom stereocenters. The second-order valence-electron chi connectivity index (χ2n) is 5.16. The lowest BCUT2D eigenvalue weighted by Gasteiger charge is -2.16. The quantitative estimate of drug-likeness (QED) is 0.799. The van der Waals surface area contributed by atoms with Crippen LogP contribution in [0.5, 0.6) is 0 Å². The van der Waals surface area contributed by atoms with Crippen LogP contribution in [0.4, 0.5) is 5.82 Å². The maximum atomic E-state index is 4.81. The van der Waals surface area contributed by atoms with E-state index in [0.717, 1.165) is 24.6 Å². The molecule has 3 heterocycles. The standard InChI is InChI=1S/C15H20N4.C2H6/c1-3-6-12(2)13-11-16-19-10-7-14(17-15(13)19)18-8-4-5-9-18;1-2/h3,6-7,10-12H,4-5,8-9H2,1-2H3;1-2H3/b6-3-;. The van der Waals surface area contributed by atoms with Crippen LogP contribution in [0.15, 0.2) is 30.6 Å². The molecule has 2 aromatic rings. The van der Waals surface area contributed by atoms with Crippen LogP contribution in [0.25, 0.3) is 5.65 Å². The molecular weight excluding hydrogens is 260 g/mol. The van der Waals surface area contributed by atoms with Gasteiger partial charge in [0.25, 0.3) is 0 Å². The summed E-state index contributed by atoms with van der Waals surface area (Å²) in [7, 11) is 0. The minimum atomic E-state index is 0.351. The molecule has 1 fully saturated rings. The number of hydrogen-bond acceptors (Lipinski definition) is 3. The molecule has 0 aliphatic carbocycles. The zero-order chi connectivity index (χ0) is 15.2. The average molecular weight is 286 g/mol. The number of anilines is 1. The van der Waals surface area contributed by atoms with E-state index in [-0.39, 0.29) is 0 Å². The highest BCUT2D eigenvalue weighted by Gasteiger charge is 2.16. The van der Waals surface area contributed by atoms with E-state index in [4.69, 9.17) is 4.98 Å². The lowest BCUT2D eigenvalue weighted by atomic mass is 10.0. The van der Waals surface area contributed by atoms with Gasteiger partial charge in [-0.2, -0.15) is 5.10 Å². The number of nitrogens with zero attached hydrogens (tertiary/aromatic N) is 4. The summed E-state index contributed by atoms with van der Waals surface area (Å²) in [5, 5.41) is 4.39. The summed E-state index contributed by atoms with van der Waals surface area (Å²) < 4.78 is 1.87. The fourth-order valence-electron chi connectivity index (χ4n) is 2.71. The van der Waals surface area contributed by atoms with Crippen molar-refractivity contribution in [2.45, 2.75) is 46.5 Å². The van der Waals surface area contributed by atoms with Crippen molar-refractivity contribution in [3.8, 4) is 0 Å². The zero-order valence-electron chi connectivity index (χ0n) is 13.6. The van der Waals surface area contributed by atoms with Crippen LogP contribution in [0.3, 0.4) is 0 Å². The van der Waals surface area contributed by atoms with E-state index in [1.807, 2.05) is 37.7 Å². The van der Waals surface area contributed by atoms with Gasteiger partial charge in [0.15, 0.2) is 5.65 Å². The summed E-state index contributed by atoms with van der Waals surface area (Å²) in [4.78, 5) is 7.17. The molecule has 1 aliphatic heterocycles. The molecule has 1 aliphatic rings. The summed E-state index contributed by atoms with van der Waals surface area (Å²) in [5.41, 5.74) is 2.18. The van der Waals surface area contributed by atoms with Gasteiger partial charge in [-0.05, 0) is 25.8 Å². The average Bonchev–Trinajstić information content (AvgIpc) is 3.18. The van der Waals surface area contributed by atoms with Crippen LogP contribution in [0.1, 0.15) is 52.0 Å². The van der Waals surface area contributed by atoms with Gasteiger partial charge in [-0.3, -0.25) is 0 Å². The molecule has 0 spiro atoms. The molecular formula is C17H26N4. The summed E-state index contributed by atoms with van der Waals surface area (Å²) in [6.45, 7) is 10.5. The minimum Gasteiger partial charge on any atom is -0.357 e. The van der Waals surface area contributed by atoms with E-state index in [0.29, 0.717) is 5.92 Å². The lowest BCUT2D eigenvalue weighted by molar-refractivity contribution is 0.896. The summed E-state index contributed by atoms with van der Waals surface area (Å²) >= 11 is 0. The number of aromatic nitrogens is 3. The smallest absolute Gasteiger partial charge is 0.161 e. The summed E-state index contributed by atoms with van der Waals surface area (Å²) in [6, 6.07) is 2.06. The molecule has 0 aromatic carbocycles. The zero-order valence-corrected chi connectivity index (χ0v) is 13.6. The van der Waals surface area contributed by atoms with Gasteiger partial charge in [0, 0.05) is 30.8 Å². The van der Waals surface area contributed by atoms with Crippen molar-refractivity contribution < 1.29 is 0 Å². The van der Waals surface area contributed by atoms with Gasteiger partial charge >= 0.3 is 0 Å². The number of fused-ring (bicyclic) bond motifs is 1. The molecule has 0 radical (unpaired) electrons. The molecule has 4 nitrogen and oxygen atoms in total. The first-order valence-corrected chi connectivity index (χ1v) is 8.01. The predicted octanol–water partition coefficient (Wildman–Crippen LogP) is 4.04. The highest BCUT2D eigenvalue weighted by molar-refractivity contribution is 5.54. The van der Waals surface area contributed by atoms with Gasteiger partial charge in [0.2, 0.25) is 0 Å². The summed E-state index contributed by atoms with van der Waals surface area (Å²) in [5.74, 6) is 1.43. The van der Waals surface area contributed by atoms with Gasteiger partial charge in [-0.25, -0.2) is 9.50 Å². The monoisotopic (exact) mass is 286 g/mol. The van der Waals surface area contributed by atoms with Crippen LogP contribution < -0.4 is 4.90 Å². The Labute approximate surface area is 127 Å². The highest BCUT2D eigenvalue weighted by Crippen LogP contribution is 2.24. The van der Waals surface area contributed by atoms with Crippen molar-refractivity contribution in [3.05, 3.63) is 36.2 Å². The molecule has 3 rings (SSSR count). The molecule has 114 valence electrons. The van der Waals surface area contributed by atoms with Gasteiger partial charge < -0.3 is 4.90 Å². The number of rotatable bonds is 3. The molecule has 21 heavy (non-hydrogen) atoms. The van der Waals surface area contributed by atoms with Crippen LogP contribution in [0.2, 0.25) is 0 Å². The van der Waals surface area contributed by atoms with Crippen molar-refractivity contribution in [1.82, 2.24) is 14.6 Å².